The number of nitrogens with zero attached hydrogens (tertiary/aromatic N) is 1. The van der Waals surface area contributed by atoms with Crippen molar-refractivity contribution in [2.75, 3.05) is 6.61 Å². The van der Waals surface area contributed by atoms with E-state index in [1.165, 1.54) is 11.3 Å². The zero-order valence-corrected chi connectivity index (χ0v) is 11.5. The lowest BCUT2D eigenvalue weighted by Crippen LogP contribution is -2.38. The van der Waals surface area contributed by atoms with Crippen LogP contribution in [-0.4, -0.2) is 28.6 Å². The molecular formula is C14H16N2O2S. The Morgan fingerprint density at radius 3 is 2.74 bits per heavy atom. The molecule has 0 aliphatic heterocycles. The molecule has 0 aliphatic carbocycles. The molecule has 0 saturated heterocycles. The van der Waals surface area contributed by atoms with E-state index in [1.54, 1.807) is 6.20 Å². The van der Waals surface area contributed by atoms with Crippen LogP contribution in [0.15, 0.2) is 36.5 Å². The number of nitrogens with one attached hydrogen (secondary N) is 1. The normalized spacial score (nSPS) is 12.1. The van der Waals surface area contributed by atoms with E-state index < -0.39 is 0 Å². The summed E-state index contributed by atoms with van der Waals surface area (Å²) in [5, 5.41) is 13.0. The lowest BCUT2D eigenvalue weighted by molar-refractivity contribution is 0.0920. The molecule has 0 spiro atoms. The number of thiazole rings is 1. The summed E-state index contributed by atoms with van der Waals surface area (Å²) in [5.74, 6) is -0.180. The second-order valence-electron chi connectivity index (χ2n) is 4.29. The van der Waals surface area contributed by atoms with Crippen LogP contribution >= 0.6 is 11.3 Å². The Labute approximate surface area is 116 Å². The number of rotatable bonds is 5. The third kappa shape index (κ3) is 3.87. The van der Waals surface area contributed by atoms with Crippen molar-refractivity contribution in [1.29, 1.82) is 0 Å². The van der Waals surface area contributed by atoms with Gasteiger partial charge in [-0.05, 0) is 18.9 Å². The van der Waals surface area contributed by atoms with E-state index in [4.69, 9.17) is 0 Å². The largest absolute Gasteiger partial charge is 0.394 e. The first kappa shape index (κ1) is 13.7. The van der Waals surface area contributed by atoms with Crippen molar-refractivity contribution >= 4 is 17.2 Å². The summed E-state index contributed by atoms with van der Waals surface area (Å²) in [6.45, 7) is 1.77. The van der Waals surface area contributed by atoms with Crippen molar-refractivity contribution < 1.29 is 9.90 Å². The highest BCUT2D eigenvalue weighted by Crippen LogP contribution is 2.12. The standard InChI is InChI=1S/C14H16N2O2S/c1-10-15-8-13(19-10)14(18)16-12(9-17)7-11-5-3-2-4-6-11/h2-6,8,12,17H,7,9H2,1H3,(H,16,18). The molecule has 2 rings (SSSR count). The number of aromatic nitrogens is 1. The Bertz CT molecular complexity index is 539. The molecule has 1 aromatic heterocycles. The number of benzene rings is 1. The van der Waals surface area contributed by atoms with Gasteiger partial charge in [0, 0.05) is 0 Å². The molecule has 4 nitrogen and oxygen atoms in total. The number of aliphatic hydroxyl groups is 1. The van der Waals surface area contributed by atoms with Crippen LogP contribution in [0.5, 0.6) is 0 Å². The lowest BCUT2D eigenvalue weighted by atomic mass is 10.1. The van der Waals surface area contributed by atoms with E-state index in [0.717, 1.165) is 10.6 Å². The second kappa shape index (κ2) is 6.45. The first-order valence-electron chi connectivity index (χ1n) is 6.07. The summed E-state index contributed by atoms with van der Waals surface area (Å²) in [7, 11) is 0. The third-order valence-electron chi connectivity index (χ3n) is 2.73. The molecule has 19 heavy (non-hydrogen) atoms. The van der Waals surface area contributed by atoms with Crippen LogP contribution in [0, 0.1) is 6.92 Å². The number of hydrogen-bond donors (Lipinski definition) is 2. The van der Waals surface area contributed by atoms with Gasteiger partial charge in [-0.15, -0.1) is 11.3 Å². The molecule has 0 bridgehead atoms. The molecule has 0 aliphatic rings. The van der Waals surface area contributed by atoms with Gasteiger partial charge in [-0.3, -0.25) is 4.79 Å². The van der Waals surface area contributed by atoms with E-state index in [-0.39, 0.29) is 18.6 Å². The van der Waals surface area contributed by atoms with Crippen LogP contribution in [0.25, 0.3) is 0 Å². The molecule has 0 radical (unpaired) electrons. The van der Waals surface area contributed by atoms with Gasteiger partial charge in [0.1, 0.15) is 4.88 Å². The molecule has 0 fully saturated rings. The van der Waals surface area contributed by atoms with Gasteiger partial charge in [-0.25, -0.2) is 4.98 Å². The highest BCUT2D eigenvalue weighted by Gasteiger charge is 2.15. The zero-order chi connectivity index (χ0) is 13.7. The number of aryl methyl sites for hydroxylation is 1. The van der Waals surface area contributed by atoms with Crippen LogP contribution in [0.4, 0.5) is 0 Å². The quantitative estimate of drug-likeness (QED) is 0.875. The Kier molecular flexibility index (Phi) is 4.65. The zero-order valence-electron chi connectivity index (χ0n) is 10.7. The van der Waals surface area contributed by atoms with E-state index in [9.17, 15) is 9.90 Å². The fourth-order valence-corrected chi connectivity index (χ4v) is 2.46. The number of hydrogen-bond acceptors (Lipinski definition) is 4. The predicted molar refractivity (Wildman–Crippen MR) is 75.3 cm³/mol. The molecule has 0 saturated carbocycles. The fourth-order valence-electron chi connectivity index (χ4n) is 1.78. The summed E-state index contributed by atoms with van der Waals surface area (Å²) in [6, 6.07) is 9.50. The van der Waals surface area contributed by atoms with E-state index in [0.29, 0.717) is 11.3 Å². The number of aliphatic hydroxyl groups excluding tert-OH is 1. The van der Waals surface area contributed by atoms with Gasteiger partial charge in [-0.2, -0.15) is 0 Å². The van der Waals surface area contributed by atoms with E-state index in [2.05, 4.69) is 10.3 Å². The molecule has 100 valence electrons. The summed E-state index contributed by atoms with van der Waals surface area (Å²) >= 11 is 1.35. The van der Waals surface area contributed by atoms with Crippen molar-refractivity contribution in [3.05, 3.63) is 52.0 Å². The van der Waals surface area contributed by atoms with Crippen LogP contribution < -0.4 is 5.32 Å². The van der Waals surface area contributed by atoms with Crippen LogP contribution in [-0.2, 0) is 6.42 Å². The summed E-state index contributed by atoms with van der Waals surface area (Å²) in [4.78, 5) is 16.6. The average molecular weight is 276 g/mol. The van der Waals surface area contributed by atoms with Crippen molar-refractivity contribution in [2.24, 2.45) is 0 Å². The Morgan fingerprint density at radius 1 is 1.42 bits per heavy atom. The third-order valence-corrected chi connectivity index (χ3v) is 3.64. The smallest absolute Gasteiger partial charge is 0.263 e. The van der Waals surface area contributed by atoms with E-state index in [1.807, 2.05) is 37.3 Å². The molecule has 1 atom stereocenters. The molecule has 2 N–H and O–H groups in total. The number of carbonyl (C=O) groups is 1. The van der Waals surface area contributed by atoms with Gasteiger partial charge < -0.3 is 10.4 Å². The maximum Gasteiger partial charge on any atom is 0.263 e. The highest BCUT2D eigenvalue weighted by molar-refractivity contribution is 7.13. The van der Waals surface area contributed by atoms with Crippen molar-refractivity contribution in [3.8, 4) is 0 Å². The van der Waals surface area contributed by atoms with Gasteiger partial charge in [0.05, 0.1) is 23.9 Å². The predicted octanol–water partition coefficient (Wildman–Crippen LogP) is 1.78. The van der Waals surface area contributed by atoms with Crippen LogP contribution in [0.2, 0.25) is 0 Å². The second-order valence-corrected chi connectivity index (χ2v) is 5.52. The molecular weight excluding hydrogens is 260 g/mol. The molecule has 1 heterocycles. The first-order valence-corrected chi connectivity index (χ1v) is 6.88. The van der Waals surface area contributed by atoms with Crippen LogP contribution in [0.1, 0.15) is 20.2 Å². The Hall–Kier alpha value is -1.72. The summed E-state index contributed by atoms with van der Waals surface area (Å²) < 4.78 is 0. The van der Waals surface area contributed by atoms with Crippen molar-refractivity contribution in [2.45, 2.75) is 19.4 Å². The van der Waals surface area contributed by atoms with Crippen molar-refractivity contribution in [3.63, 3.8) is 0 Å². The Balaban J connectivity index is 1.97. The maximum absolute atomic E-state index is 12.0. The number of amides is 1. The highest BCUT2D eigenvalue weighted by atomic mass is 32.1. The minimum absolute atomic E-state index is 0.0849. The van der Waals surface area contributed by atoms with Gasteiger partial charge in [-0.1, -0.05) is 30.3 Å². The lowest BCUT2D eigenvalue weighted by Gasteiger charge is -2.15. The summed E-state index contributed by atoms with van der Waals surface area (Å²) in [5.41, 5.74) is 1.09. The van der Waals surface area contributed by atoms with Gasteiger partial charge in [0.25, 0.3) is 5.91 Å². The molecule has 5 heteroatoms. The van der Waals surface area contributed by atoms with E-state index >= 15 is 0 Å². The minimum Gasteiger partial charge on any atom is -0.394 e. The molecule has 1 aromatic carbocycles. The molecule has 2 aromatic rings. The fraction of sp³-hybridized carbons (Fsp3) is 0.286. The average Bonchev–Trinajstić information content (AvgIpc) is 2.86. The molecule has 1 amide bonds. The van der Waals surface area contributed by atoms with Crippen LogP contribution in [0.3, 0.4) is 0 Å². The monoisotopic (exact) mass is 276 g/mol. The minimum atomic E-state index is -0.280. The Morgan fingerprint density at radius 2 is 2.16 bits per heavy atom. The van der Waals surface area contributed by atoms with Gasteiger partial charge in [0.2, 0.25) is 0 Å². The van der Waals surface area contributed by atoms with Gasteiger partial charge >= 0.3 is 0 Å². The van der Waals surface area contributed by atoms with Crippen molar-refractivity contribution in [1.82, 2.24) is 10.3 Å². The first-order chi connectivity index (χ1) is 9.19. The topological polar surface area (TPSA) is 62.2 Å². The van der Waals surface area contributed by atoms with Gasteiger partial charge in [0.15, 0.2) is 0 Å². The molecule has 1 unspecified atom stereocenters. The SMILES string of the molecule is Cc1ncc(C(=O)NC(CO)Cc2ccccc2)s1. The number of carbonyl (C=O) groups excluding carboxylic acids is 1. The summed E-state index contributed by atoms with van der Waals surface area (Å²) in [6.07, 6.45) is 2.17. The maximum atomic E-state index is 12.0.